The summed E-state index contributed by atoms with van der Waals surface area (Å²) in [6.45, 7) is 9.40. The van der Waals surface area contributed by atoms with E-state index in [1.54, 1.807) is 36.4 Å². The van der Waals surface area contributed by atoms with Crippen molar-refractivity contribution in [3.8, 4) is 11.5 Å². The van der Waals surface area contributed by atoms with Crippen LogP contribution >= 0.6 is 0 Å². The molecule has 0 aliphatic carbocycles. The summed E-state index contributed by atoms with van der Waals surface area (Å²) >= 11 is 0. The van der Waals surface area contributed by atoms with Crippen LogP contribution in [0.15, 0.2) is 72.3 Å². The molecule has 3 aromatic carbocycles. The summed E-state index contributed by atoms with van der Waals surface area (Å²) in [6, 6.07) is 19.6. The van der Waals surface area contributed by atoms with Crippen molar-refractivity contribution in [2.75, 3.05) is 18.1 Å². The number of ketones is 1. The molecule has 0 saturated carbocycles. The minimum atomic E-state index is -0.781. The number of aliphatic hydroxyl groups is 1. The third-order valence-electron chi connectivity index (χ3n) is 6.93. The topological polar surface area (TPSA) is 76.1 Å². The van der Waals surface area contributed by atoms with E-state index in [2.05, 4.69) is 20.8 Å². The van der Waals surface area contributed by atoms with Crippen molar-refractivity contribution in [2.24, 2.45) is 0 Å². The SMILES string of the molecule is CCOc1ccc(N2C(=O)C(=O)/C(=C(\O)c3ccc4c(c3)CCO4)C2c2ccc(C(C)(C)C)cc2)cc1. The van der Waals surface area contributed by atoms with Gasteiger partial charge >= 0.3 is 0 Å². The van der Waals surface area contributed by atoms with Crippen LogP contribution in [0.4, 0.5) is 5.69 Å². The van der Waals surface area contributed by atoms with Crippen molar-refractivity contribution >= 4 is 23.1 Å². The van der Waals surface area contributed by atoms with Gasteiger partial charge in [-0.05, 0) is 71.5 Å². The largest absolute Gasteiger partial charge is 0.507 e. The summed E-state index contributed by atoms with van der Waals surface area (Å²) in [6.07, 6.45) is 0.731. The molecule has 1 saturated heterocycles. The third-order valence-corrected chi connectivity index (χ3v) is 6.93. The number of amides is 1. The van der Waals surface area contributed by atoms with E-state index in [9.17, 15) is 14.7 Å². The minimum absolute atomic E-state index is 0.0536. The maximum Gasteiger partial charge on any atom is 0.300 e. The Kier molecular flexibility index (Phi) is 6.28. The number of hydrogen-bond donors (Lipinski definition) is 1. The first kappa shape index (κ1) is 24.6. The van der Waals surface area contributed by atoms with Gasteiger partial charge in [0, 0.05) is 17.7 Å². The zero-order valence-corrected chi connectivity index (χ0v) is 21.6. The van der Waals surface area contributed by atoms with Gasteiger partial charge in [-0.25, -0.2) is 0 Å². The Morgan fingerprint density at radius 1 is 1.03 bits per heavy atom. The highest BCUT2D eigenvalue weighted by atomic mass is 16.5. The van der Waals surface area contributed by atoms with E-state index in [1.807, 2.05) is 37.3 Å². The first-order valence-corrected chi connectivity index (χ1v) is 12.6. The smallest absolute Gasteiger partial charge is 0.300 e. The number of ether oxygens (including phenoxy) is 2. The van der Waals surface area contributed by atoms with Crippen LogP contribution in [-0.2, 0) is 21.4 Å². The molecule has 0 radical (unpaired) electrons. The first-order chi connectivity index (χ1) is 17.7. The first-order valence-electron chi connectivity index (χ1n) is 12.6. The van der Waals surface area contributed by atoms with Crippen LogP contribution in [0.2, 0.25) is 0 Å². The van der Waals surface area contributed by atoms with Gasteiger partial charge in [0.05, 0.1) is 24.8 Å². The number of benzene rings is 3. The quantitative estimate of drug-likeness (QED) is 0.268. The van der Waals surface area contributed by atoms with Crippen LogP contribution in [0.25, 0.3) is 5.76 Å². The molecule has 6 nitrogen and oxygen atoms in total. The van der Waals surface area contributed by atoms with Crippen LogP contribution in [0.5, 0.6) is 11.5 Å². The van der Waals surface area contributed by atoms with Crippen LogP contribution in [0, 0.1) is 0 Å². The van der Waals surface area contributed by atoms with E-state index < -0.39 is 17.7 Å². The zero-order valence-electron chi connectivity index (χ0n) is 21.6. The molecule has 2 heterocycles. The zero-order chi connectivity index (χ0) is 26.3. The predicted octanol–water partition coefficient (Wildman–Crippen LogP) is 5.94. The second kappa shape index (κ2) is 9.43. The van der Waals surface area contributed by atoms with Crippen LogP contribution in [0.3, 0.4) is 0 Å². The van der Waals surface area contributed by atoms with E-state index in [-0.39, 0.29) is 16.7 Å². The fourth-order valence-electron chi connectivity index (χ4n) is 4.94. The van der Waals surface area contributed by atoms with Crippen LogP contribution < -0.4 is 14.4 Å². The van der Waals surface area contributed by atoms with Gasteiger partial charge in [-0.1, -0.05) is 45.0 Å². The Balaban J connectivity index is 1.65. The highest BCUT2D eigenvalue weighted by Crippen LogP contribution is 2.43. The van der Waals surface area contributed by atoms with Crippen LogP contribution in [-0.4, -0.2) is 30.0 Å². The number of Topliss-reactive ketones (excluding diaryl/α,β-unsaturated/α-hetero) is 1. The molecular formula is C31H31NO5. The summed E-state index contributed by atoms with van der Waals surface area (Å²) in [5, 5.41) is 11.5. The van der Waals surface area contributed by atoms with Crippen molar-refractivity contribution in [1.29, 1.82) is 0 Å². The molecule has 0 aromatic heterocycles. The summed E-state index contributed by atoms with van der Waals surface area (Å²) in [5.41, 5.74) is 3.90. The second-order valence-electron chi connectivity index (χ2n) is 10.4. The molecule has 1 N–H and O–H groups in total. The van der Waals surface area contributed by atoms with Crippen molar-refractivity contribution in [3.63, 3.8) is 0 Å². The van der Waals surface area contributed by atoms with E-state index in [0.717, 1.165) is 28.9 Å². The normalized spacial score (nSPS) is 18.6. The van der Waals surface area contributed by atoms with Crippen molar-refractivity contribution in [1.82, 2.24) is 0 Å². The number of carbonyl (C=O) groups excluding carboxylic acids is 2. The molecule has 6 heteroatoms. The molecule has 3 aromatic rings. The van der Waals surface area contributed by atoms with E-state index in [4.69, 9.17) is 9.47 Å². The third kappa shape index (κ3) is 4.48. The lowest BCUT2D eigenvalue weighted by Gasteiger charge is -2.27. The van der Waals surface area contributed by atoms with Crippen LogP contribution in [0.1, 0.15) is 56.0 Å². The lowest BCUT2D eigenvalue weighted by atomic mass is 9.85. The molecule has 1 fully saturated rings. The summed E-state index contributed by atoms with van der Waals surface area (Å²) in [4.78, 5) is 28.4. The van der Waals surface area contributed by atoms with Gasteiger partial charge in [0.2, 0.25) is 0 Å². The average molecular weight is 498 g/mol. The fourth-order valence-corrected chi connectivity index (χ4v) is 4.94. The van der Waals surface area contributed by atoms with Crippen molar-refractivity contribution in [2.45, 2.75) is 45.6 Å². The maximum atomic E-state index is 13.5. The van der Waals surface area contributed by atoms with Gasteiger partial charge in [-0.15, -0.1) is 0 Å². The summed E-state index contributed by atoms with van der Waals surface area (Å²) in [5.74, 6) is -0.130. The Hall–Kier alpha value is -4.06. The Morgan fingerprint density at radius 3 is 2.38 bits per heavy atom. The van der Waals surface area contributed by atoms with Gasteiger partial charge in [0.1, 0.15) is 17.3 Å². The molecule has 37 heavy (non-hydrogen) atoms. The van der Waals surface area contributed by atoms with E-state index in [1.165, 1.54) is 4.90 Å². The lowest BCUT2D eigenvalue weighted by Crippen LogP contribution is -2.29. The number of fused-ring (bicyclic) bond motifs is 1. The standard InChI is InChI=1S/C31H31NO5/c1-5-36-24-13-11-23(12-14-24)32-27(19-6-9-22(10-7-19)31(2,3)4)26(29(34)30(32)35)28(33)21-8-15-25-20(18-21)16-17-37-25/h6-15,18,27,33H,5,16-17H2,1-4H3/b28-26-. The van der Waals surface area contributed by atoms with E-state index >= 15 is 0 Å². The highest BCUT2D eigenvalue weighted by Gasteiger charge is 2.47. The second-order valence-corrected chi connectivity index (χ2v) is 10.4. The molecule has 1 unspecified atom stereocenters. The molecule has 5 rings (SSSR count). The lowest BCUT2D eigenvalue weighted by molar-refractivity contribution is -0.132. The predicted molar refractivity (Wildman–Crippen MR) is 143 cm³/mol. The minimum Gasteiger partial charge on any atom is -0.507 e. The van der Waals surface area contributed by atoms with Gasteiger partial charge in [0.25, 0.3) is 11.7 Å². The molecule has 2 aliphatic heterocycles. The summed E-state index contributed by atoms with van der Waals surface area (Å²) < 4.78 is 11.1. The Morgan fingerprint density at radius 2 is 1.73 bits per heavy atom. The van der Waals surface area contributed by atoms with Gasteiger partial charge < -0.3 is 14.6 Å². The Labute approximate surface area is 217 Å². The fraction of sp³-hybridized carbons (Fsp3) is 0.290. The molecular weight excluding hydrogens is 466 g/mol. The molecule has 0 spiro atoms. The monoisotopic (exact) mass is 497 g/mol. The maximum absolute atomic E-state index is 13.5. The van der Waals surface area contributed by atoms with E-state index in [0.29, 0.717) is 30.2 Å². The van der Waals surface area contributed by atoms with Gasteiger partial charge in [0.15, 0.2) is 0 Å². The molecule has 1 amide bonds. The Bertz CT molecular complexity index is 1380. The average Bonchev–Trinajstić information content (AvgIpc) is 3.46. The van der Waals surface area contributed by atoms with Crippen molar-refractivity contribution in [3.05, 3.63) is 94.6 Å². The number of rotatable bonds is 5. The molecule has 0 bridgehead atoms. The number of aliphatic hydroxyl groups excluding tert-OH is 1. The van der Waals surface area contributed by atoms with Crippen molar-refractivity contribution < 1.29 is 24.2 Å². The molecule has 1 atom stereocenters. The van der Waals surface area contributed by atoms with Gasteiger partial charge in [-0.3, -0.25) is 14.5 Å². The molecule has 190 valence electrons. The number of carbonyl (C=O) groups is 2. The molecule has 2 aliphatic rings. The highest BCUT2D eigenvalue weighted by molar-refractivity contribution is 6.51. The number of nitrogens with zero attached hydrogens (tertiary/aromatic N) is 1. The summed E-state index contributed by atoms with van der Waals surface area (Å²) in [7, 11) is 0. The van der Waals surface area contributed by atoms with Gasteiger partial charge in [-0.2, -0.15) is 0 Å². The number of anilines is 1. The number of hydrogen-bond acceptors (Lipinski definition) is 5.